The summed E-state index contributed by atoms with van der Waals surface area (Å²) in [5, 5.41) is 0. The van der Waals surface area contributed by atoms with Crippen LogP contribution in [0.25, 0.3) is 0 Å². The van der Waals surface area contributed by atoms with E-state index in [9.17, 15) is 13.2 Å². The Kier molecular flexibility index (Phi) is 7.99. The quantitative estimate of drug-likeness (QED) is 0.222. The molecular weight excluding hydrogens is 444 g/mol. The van der Waals surface area contributed by atoms with Crippen LogP contribution in [0.15, 0.2) is 99.7 Å². The lowest BCUT2D eigenvalue weighted by atomic mass is 10.0. The molecule has 1 aliphatic carbocycles. The van der Waals surface area contributed by atoms with E-state index >= 15 is 0 Å². The van der Waals surface area contributed by atoms with Gasteiger partial charge in [0, 0.05) is 11.5 Å². The Morgan fingerprint density at radius 3 is 2.38 bits per heavy atom. The number of rotatable bonds is 9. The zero-order chi connectivity index (χ0) is 23.1. The summed E-state index contributed by atoms with van der Waals surface area (Å²) in [5.74, 6) is -0.415. The van der Waals surface area contributed by atoms with E-state index in [0.29, 0.717) is 5.92 Å². The number of allylic oxidation sites excluding steroid dienone is 4. The minimum atomic E-state index is -3.90. The van der Waals surface area contributed by atoms with Crippen molar-refractivity contribution < 1.29 is 22.1 Å². The summed E-state index contributed by atoms with van der Waals surface area (Å²) in [6.07, 6.45) is 7.46. The van der Waals surface area contributed by atoms with Gasteiger partial charge in [-0.3, -0.25) is 0 Å². The van der Waals surface area contributed by atoms with Gasteiger partial charge in [0.05, 0.1) is 10.9 Å². The van der Waals surface area contributed by atoms with E-state index in [-0.39, 0.29) is 28.8 Å². The van der Waals surface area contributed by atoms with E-state index in [1.807, 2.05) is 30.3 Å². The minimum Gasteiger partial charge on any atom is -0.461 e. The van der Waals surface area contributed by atoms with Crippen LogP contribution in [-0.2, 0) is 30.5 Å². The van der Waals surface area contributed by atoms with Gasteiger partial charge in [-0.25, -0.2) is 4.79 Å². The Labute approximate surface area is 192 Å². The first kappa shape index (κ1) is 23.9. The second-order valence-corrected chi connectivity index (χ2v) is 11.2. The summed E-state index contributed by atoms with van der Waals surface area (Å²) in [6, 6.07) is 17.5. The maximum atomic E-state index is 12.2. The molecule has 2 unspecified atom stereocenters. The van der Waals surface area contributed by atoms with Gasteiger partial charge < -0.3 is 8.92 Å². The molecule has 2 atom stereocenters. The van der Waals surface area contributed by atoms with Crippen LogP contribution in [0.4, 0.5) is 0 Å². The molecule has 0 saturated carbocycles. The van der Waals surface area contributed by atoms with Gasteiger partial charge in [0.2, 0.25) is 0 Å². The lowest BCUT2D eigenvalue weighted by Gasteiger charge is -2.18. The van der Waals surface area contributed by atoms with Crippen LogP contribution in [0.2, 0.25) is 0 Å². The molecule has 32 heavy (non-hydrogen) atoms. The van der Waals surface area contributed by atoms with Crippen molar-refractivity contribution in [2.45, 2.75) is 30.1 Å². The highest BCUT2D eigenvalue weighted by Gasteiger charge is 2.34. The van der Waals surface area contributed by atoms with Crippen LogP contribution in [0.1, 0.15) is 20.3 Å². The Morgan fingerprint density at radius 2 is 1.75 bits per heavy atom. The molecular formula is C25H27O5S2+. The van der Waals surface area contributed by atoms with Crippen LogP contribution in [-0.4, -0.2) is 26.7 Å². The molecule has 0 N–H and O–H groups in total. The van der Waals surface area contributed by atoms with Crippen molar-refractivity contribution >= 4 is 27.0 Å². The normalized spacial score (nSPS) is 16.7. The highest BCUT2D eigenvalue weighted by Crippen LogP contribution is 2.37. The van der Waals surface area contributed by atoms with Crippen LogP contribution < -0.4 is 4.18 Å². The molecule has 0 radical (unpaired) electrons. The maximum absolute atomic E-state index is 12.2. The molecule has 0 bridgehead atoms. The van der Waals surface area contributed by atoms with E-state index < -0.39 is 21.8 Å². The fourth-order valence-corrected chi connectivity index (χ4v) is 6.28. The third kappa shape index (κ3) is 6.37. The van der Waals surface area contributed by atoms with Crippen molar-refractivity contribution in [3.8, 4) is 5.75 Å². The summed E-state index contributed by atoms with van der Waals surface area (Å²) in [6.45, 7) is 6.89. The van der Waals surface area contributed by atoms with Crippen molar-refractivity contribution in [1.29, 1.82) is 0 Å². The van der Waals surface area contributed by atoms with Crippen molar-refractivity contribution in [2.24, 2.45) is 5.92 Å². The van der Waals surface area contributed by atoms with E-state index in [1.54, 1.807) is 12.1 Å². The molecule has 168 valence electrons. The molecule has 2 aromatic rings. The SMILES string of the molecule is C=C(C)C(=O)OCCS(=O)(=O)Oc1ccc([S+](C2=CC=CCC2C)c2ccccc2)cc1. The molecule has 0 aliphatic heterocycles. The summed E-state index contributed by atoms with van der Waals surface area (Å²) in [4.78, 5) is 15.0. The number of carbonyl (C=O) groups excluding carboxylic acids is 1. The molecule has 0 saturated heterocycles. The Bertz CT molecular complexity index is 1120. The minimum absolute atomic E-state index is 0.214. The zero-order valence-corrected chi connectivity index (χ0v) is 19.8. The van der Waals surface area contributed by atoms with Gasteiger partial charge in [-0.1, -0.05) is 43.9 Å². The average molecular weight is 472 g/mol. The molecule has 0 heterocycles. The second-order valence-electron chi connectivity index (χ2n) is 7.49. The molecule has 0 aromatic heterocycles. The van der Waals surface area contributed by atoms with Crippen molar-refractivity contribution in [3.63, 3.8) is 0 Å². The molecule has 5 nitrogen and oxygen atoms in total. The van der Waals surface area contributed by atoms with E-state index in [1.165, 1.54) is 16.7 Å². The molecule has 1 aliphatic rings. The number of ether oxygens (including phenoxy) is 1. The first-order valence-corrected chi connectivity index (χ1v) is 13.1. The van der Waals surface area contributed by atoms with Gasteiger partial charge in [0.25, 0.3) is 0 Å². The predicted octanol–water partition coefficient (Wildman–Crippen LogP) is 5.03. The predicted molar refractivity (Wildman–Crippen MR) is 128 cm³/mol. The van der Waals surface area contributed by atoms with Gasteiger partial charge in [-0.15, -0.1) is 0 Å². The summed E-state index contributed by atoms with van der Waals surface area (Å²) in [7, 11) is -4.17. The number of esters is 1. The number of benzene rings is 2. The molecule has 7 heteroatoms. The number of hydrogen-bond donors (Lipinski definition) is 0. The third-order valence-electron chi connectivity index (χ3n) is 4.78. The molecule has 0 amide bonds. The van der Waals surface area contributed by atoms with E-state index in [2.05, 4.69) is 43.9 Å². The Morgan fingerprint density at radius 1 is 1.09 bits per heavy atom. The standard InChI is InChI=1S/C25H27O5S2/c1-19(2)25(26)29-17-18-32(27,28)30-21-13-15-23(16-14-21)31(22-10-5-4-6-11-22)24-12-8-7-9-20(24)3/h4-8,10-16,20H,1,9,17-18H2,2-3H3/q+1. The van der Waals surface area contributed by atoms with Gasteiger partial charge in [0.15, 0.2) is 9.79 Å². The van der Waals surface area contributed by atoms with Crippen LogP contribution in [0.3, 0.4) is 0 Å². The maximum Gasteiger partial charge on any atom is 0.333 e. The summed E-state index contributed by atoms with van der Waals surface area (Å²) < 4.78 is 34.5. The Balaban J connectivity index is 1.76. The van der Waals surface area contributed by atoms with E-state index in [0.717, 1.165) is 11.3 Å². The largest absolute Gasteiger partial charge is 0.461 e. The molecule has 0 fully saturated rings. The lowest BCUT2D eigenvalue weighted by Crippen LogP contribution is -2.20. The smallest absolute Gasteiger partial charge is 0.333 e. The van der Waals surface area contributed by atoms with Gasteiger partial charge in [-0.05, 0) is 55.8 Å². The van der Waals surface area contributed by atoms with Crippen molar-refractivity contribution in [3.05, 3.63) is 89.9 Å². The zero-order valence-electron chi connectivity index (χ0n) is 18.2. The fourth-order valence-electron chi connectivity index (χ4n) is 3.14. The number of hydrogen-bond acceptors (Lipinski definition) is 5. The highest BCUT2D eigenvalue weighted by molar-refractivity contribution is 8.00. The Hall–Kier alpha value is -2.77. The summed E-state index contributed by atoms with van der Waals surface area (Å²) >= 11 is 0. The third-order valence-corrected chi connectivity index (χ3v) is 8.39. The topological polar surface area (TPSA) is 69.7 Å². The number of carbonyl (C=O) groups is 1. The first-order chi connectivity index (χ1) is 15.3. The molecule has 3 rings (SSSR count). The molecule has 2 aromatic carbocycles. The van der Waals surface area contributed by atoms with Gasteiger partial charge in [-0.2, -0.15) is 8.42 Å². The second kappa shape index (κ2) is 10.7. The average Bonchev–Trinajstić information content (AvgIpc) is 2.76. The van der Waals surface area contributed by atoms with Crippen LogP contribution in [0.5, 0.6) is 5.75 Å². The fraction of sp³-hybridized carbons (Fsp3) is 0.240. The first-order valence-electron chi connectivity index (χ1n) is 10.3. The van der Waals surface area contributed by atoms with E-state index in [4.69, 9.17) is 8.92 Å². The van der Waals surface area contributed by atoms with Crippen molar-refractivity contribution in [2.75, 3.05) is 12.4 Å². The van der Waals surface area contributed by atoms with Crippen LogP contribution >= 0.6 is 0 Å². The van der Waals surface area contributed by atoms with Crippen molar-refractivity contribution in [1.82, 2.24) is 0 Å². The lowest BCUT2D eigenvalue weighted by molar-refractivity contribution is -0.138. The molecule has 0 spiro atoms. The van der Waals surface area contributed by atoms with Gasteiger partial charge >= 0.3 is 16.1 Å². The van der Waals surface area contributed by atoms with Crippen LogP contribution in [0, 0.1) is 5.92 Å². The van der Waals surface area contributed by atoms with Gasteiger partial charge in [0.1, 0.15) is 23.0 Å². The highest BCUT2D eigenvalue weighted by atomic mass is 32.2. The summed E-state index contributed by atoms with van der Waals surface area (Å²) in [5.41, 5.74) is 0.214. The monoisotopic (exact) mass is 471 g/mol.